The van der Waals surface area contributed by atoms with Crippen molar-refractivity contribution in [1.29, 1.82) is 0 Å². The van der Waals surface area contributed by atoms with Gasteiger partial charge in [-0.3, -0.25) is 14.5 Å². The number of aromatic nitrogens is 1. The number of hydrogen-bond acceptors (Lipinski definition) is 7. The lowest BCUT2D eigenvalue weighted by molar-refractivity contribution is -0.132. The highest BCUT2D eigenvalue weighted by Crippen LogP contribution is 2.45. The molecule has 0 saturated carbocycles. The molecule has 7 nitrogen and oxygen atoms in total. The number of nitrogens with zero attached hydrogens (tertiary/aromatic N) is 2. The van der Waals surface area contributed by atoms with Gasteiger partial charge in [0.15, 0.2) is 5.13 Å². The number of anilines is 1. The zero-order valence-corrected chi connectivity index (χ0v) is 21.8. The molecule has 1 unspecified atom stereocenters. The maximum absolute atomic E-state index is 13.5. The second-order valence-electron chi connectivity index (χ2n) is 8.83. The topological polar surface area (TPSA) is 89.0 Å². The first-order valence-corrected chi connectivity index (χ1v) is 12.7. The van der Waals surface area contributed by atoms with Gasteiger partial charge in [0.2, 0.25) is 0 Å². The predicted octanol–water partition coefficient (Wildman–Crippen LogP) is 5.95. The molecule has 2 heterocycles. The fraction of sp³-hybridized carbons (Fsp3) is 0.207. The van der Waals surface area contributed by atoms with Crippen LogP contribution in [0.2, 0.25) is 0 Å². The number of Topliss-reactive ketones (excluding diaryl/α,β-unsaturated/α-hetero) is 1. The monoisotopic (exact) mass is 514 g/mol. The smallest absolute Gasteiger partial charge is 0.301 e. The molecule has 1 amide bonds. The quantitative estimate of drug-likeness (QED) is 0.194. The fourth-order valence-electron chi connectivity index (χ4n) is 4.65. The Hall–Kier alpha value is -4.17. The van der Waals surface area contributed by atoms with Crippen LogP contribution in [-0.2, 0) is 9.59 Å². The van der Waals surface area contributed by atoms with E-state index in [9.17, 15) is 14.7 Å². The number of methoxy groups -OCH3 is 1. The number of carbonyl (C=O) groups is 2. The molecule has 0 radical (unpaired) electrons. The van der Waals surface area contributed by atoms with Crippen LogP contribution in [0.5, 0.6) is 11.5 Å². The SMILES string of the molecule is CCOc1ccc(C2C(=C(O)c3cccc(OC)c3)C(=O)C(=O)N2c2nc3c(C)cc(C)cc3s2)cc1. The molecule has 1 fully saturated rings. The summed E-state index contributed by atoms with van der Waals surface area (Å²) in [6.07, 6.45) is 0. The fourth-order valence-corrected chi connectivity index (χ4v) is 5.81. The van der Waals surface area contributed by atoms with Gasteiger partial charge < -0.3 is 14.6 Å². The zero-order chi connectivity index (χ0) is 26.3. The summed E-state index contributed by atoms with van der Waals surface area (Å²) < 4.78 is 11.8. The van der Waals surface area contributed by atoms with Crippen molar-refractivity contribution < 1.29 is 24.2 Å². The Bertz CT molecular complexity index is 1550. The number of fused-ring (bicyclic) bond motifs is 1. The molecular formula is C29H26N2O5S. The molecule has 37 heavy (non-hydrogen) atoms. The van der Waals surface area contributed by atoms with Gasteiger partial charge >= 0.3 is 5.91 Å². The van der Waals surface area contributed by atoms with Crippen LogP contribution in [0.3, 0.4) is 0 Å². The maximum Gasteiger partial charge on any atom is 0.301 e. The average Bonchev–Trinajstić information content (AvgIpc) is 3.43. The summed E-state index contributed by atoms with van der Waals surface area (Å²) >= 11 is 1.35. The Kier molecular flexibility index (Phi) is 6.43. The van der Waals surface area contributed by atoms with Crippen molar-refractivity contribution in [1.82, 2.24) is 4.98 Å². The normalized spacial score (nSPS) is 17.0. The number of rotatable bonds is 6. The van der Waals surface area contributed by atoms with Gasteiger partial charge in [-0.2, -0.15) is 0 Å². The summed E-state index contributed by atoms with van der Waals surface area (Å²) in [7, 11) is 1.52. The molecule has 3 aromatic carbocycles. The van der Waals surface area contributed by atoms with Crippen molar-refractivity contribution in [3.8, 4) is 11.5 Å². The van der Waals surface area contributed by atoms with E-state index in [0.717, 1.165) is 21.3 Å². The van der Waals surface area contributed by atoms with Crippen molar-refractivity contribution in [3.05, 3.63) is 88.5 Å². The van der Waals surface area contributed by atoms with Gasteiger partial charge in [-0.25, -0.2) is 4.98 Å². The summed E-state index contributed by atoms with van der Waals surface area (Å²) in [6, 6.07) is 17.1. The number of amides is 1. The van der Waals surface area contributed by atoms with Gasteiger partial charge in [-0.05, 0) is 67.8 Å². The molecule has 1 aliphatic heterocycles. The van der Waals surface area contributed by atoms with Gasteiger partial charge in [-0.1, -0.05) is 41.7 Å². The van der Waals surface area contributed by atoms with E-state index < -0.39 is 17.7 Å². The van der Waals surface area contributed by atoms with Gasteiger partial charge in [0.1, 0.15) is 17.3 Å². The zero-order valence-electron chi connectivity index (χ0n) is 20.9. The van der Waals surface area contributed by atoms with Crippen LogP contribution in [-0.4, -0.2) is 35.5 Å². The van der Waals surface area contributed by atoms with E-state index >= 15 is 0 Å². The molecule has 1 atom stereocenters. The number of aryl methyl sites for hydroxylation is 2. The van der Waals surface area contributed by atoms with Crippen molar-refractivity contribution in [3.63, 3.8) is 0 Å². The Morgan fingerprint density at radius 3 is 2.51 bits per heavy atom. The summed E-state index contributed by atoms with van der Waals surface area (Å²) in [5.41, 5.74) is 3.88. The third kappa shape index (κ3) is 4.34. The minimum absolute atomic E-state index is 0.00503. The minimum atomic E-state index is -0.871. The lowest BCUT2D eigenvalue weighted by Crippen LogP contribution is -2.29. The molecule has 0 spiro atoms. The Labute approximate surface area is 218 Å². The molecule has 5 rings (SSSR count). The van der Waals surface area contributed by atoms with Crippen LogP contribution in [0.4, 0.5) is 5.13 Å². The highest BCUT2D eigenvalue weighted by atomic mass is 32.1. The third-order valence-corrected chi connectivity index (χ3v) is 7.32. The molecule has 1 saturated heterocycles. The standard InChI is InChI=1S/C29H26N2O5S/c1-5-36-20-11-9-18(10-12-20)25-23(26(32)19-7-6-8-21(15-19)35-4)27(33)28(34)31(25)29-30-24-17(3)13-16(2)14-22(24)37-29/h6-15,25,32H,5H2,1-4H3. The number of thiazole rings is 1. The average molecular weight is 515 g/mol. The number of carbonyl (C=O) groups excluding carboxylic acids is 2. The van der Waals surface area contributed by atoms with Gasteiger partial charge in [0.25, 0.3) is 5.78 Å². The van der Waals surface area contributed by atoms with Crippen molar-refractivity contribution >= 4 is 44.1 Å². The first kappa shape index (κ1) is 24.5. The highest BCUT2D eigenvalue weighted by Gasteiger charge is 2.48. The Morgan fingerprint density at radius 1 is 1.05 bits per heavy atom. The van der Waals surface area contributed by atoms with E-state index in [1.54, 1.807) is 48.5 Å². The molecule has 1 aliphatic rings. The number of benzene rings is 3. The lowest BCUT2D eigenvalue weighted by Gasteiger charge is -2.23. The molecule has 1 N–H and O–H groups in total. The summed E-state index contributed by atoms with van der Waals surface area (Å²) in [6.45, 7) is 6.39. The molecule has 1 aromatic heterocycles. The van der Waals surface area contributed by atoms with Crippen molar-refractivity contribution in [2.45, 2.75) is 26.8 Å². The van der Waals surface area contributed by atoms with Crippen LogP contribution in [0.15, 0.2) is 66.2 Å². The molecule has 0 aliphatic carbocycles. The van der Waals surface area contributed by atoms with E-state index in [4.69, 9.17) is 14.5 Å². The molecule has 0 bridgehead atoms. The van der Waals surface area contributed by atoms with E-state index in [0.29, 0.717) is 34.4 Å². The molecular weight excluding hydrogens is 488 g/mol. The highest BCUT2D eigenvalue weighted by molar-refractivity contribution is 7.22. The second kappa shape index (κ2) is 9.71. The summed E-state index contributed by atoms with van der Waals surface area (Å²) in [5, 5.41) is 11.8. The number of ketones is 1. The summed E-state index contributed by atoms with van der Waals surface area (Å²) in [4.78, 5) is 33.1. The van der Waals surface area contributed by atoms with Crippen LogP contribution in [0.25, 0.3) is 16.0 Å². The largest absolute Gasteiger partial charge is 0.507 e. The van der Waals surface area contributed by atoms with Crippen LogP contribution in [0.1, 0.15) is 35.2 Å². The van der Waals surface area contributed by atoms with Crippen LogP contribution in [0, 0.1) is 13.8 Å². The van der Waals surface area contributed by atoms with Crippen molar-refractivity contribution in [2.24, 2.45) is 0 Å². The van der Waals surface area contributed by atoms with Crippen molar-refractivity contribution in [2.75, 3.05) is 18.6 Å². The third-order valence-electron chi connectivity index (χ3n) is 6.32. The molecule has 4 aromatic rings. The van der Waals surface area contributed by atoms with E-state index in [1.807, 2.05) is 32.9 Å². The Morgan fingerprint density at radius 2 is 1.81 bits per heavy atom. The van der Waals surface area contributed by atoms with Gasteiger partial charge in [0, 0.05) is 5.56 Å². The van der Waals surface area contributed by atoms with Gasteiger partial charge in [-0.15, -0.1) is 0 Å². The van der Waals surface area contributed by atoms with E-state index in [-0.39, 0.29) is 11.3 Å². The molecule has 8 heteroatoms. The number of ether oxygens (including phenoxy) is 2. The summed E-state index contributed by atoms with van der Waals surface area (Å²) in [5.74, 6) is -0.593. The van der Waals surface area contributed by atoms with E-state index in [2.05, 4.69) is 0 Å². The first-order valence-electron chi connectivity index (χ1n) is 11.9. The van der Waals surface area contributed by atoms with E-state index in [1.165, 1.54) is 23.3 Å². The minimum Gasteiger partial charge on any atom is -0.507 e. The second-order valence-corrected chi connectivity index (χ2v) is 9.84. The number of hydrogen-bond donors (Lipinski definition) is 1. The predicted molar refractivity (Wildman–Crippen MR) is 144 cm³/mol. The Balaban J connectivity index is 1.72. The first-order chi connectivity index (χ1) is 17.8. The number of aliphatic hydroxyl groups is 1. The van der Waals surface area contributed by atoms with Crippen LogP contribution < -0.4 is 14.4 Å². The maximum atomic E-state index is 13.5. The number of aliphatic hydroxyl groups excluding tert-OH is 1. The molecule has 188 valence electrons. The van der Waals surface area contributed by atoms with Gasteiger partial charge in [0.05, 0.1) is 35.5 Å². The van der Waals surface area contributed by atoms with Crippen LogP contribution >= 0.6 is 11.3 Å². The lowest BCUT2D eigenvalue weighted by atomic mass is 9.95.